The first-order valence-corrected chi connectivity index (χ1v) is 7.50. The number of rotatable bonds is 3. The van der Waals surface area contributed by atoms with E-state index in [9.17, 15) is 0 Å². The molecular formula is C14H11BrN2OS. The molecule has 0 fully saturated rings. The lowest BCUT2D eigenvalue weighted by atomic mass is 10.1. The highest BCUT2D eigenvalue weighted by atomic mass is 79.9. The second-order valence-electron chi connectivity index (χ2n) is 3.72. The van der Waals surface area contributed by atoms with Crippen LogP contribution < -0.4 is 4.74 Å². The number of pyridine rings is 1. The molecule has 3 nitrogen and oxygen atoms in total. The molecule has 1 aromatic carbocycles. The Labute approximate surface area is 124 Å². The van der Waals surface area contributed by atoms with Crippen LogP contribution in [-0.4, -0.2) is 18.3 Å². The number of ether oxygens (including phenoxy) is 1. The summed E-state index contributed by atoms with van der Waals surface area (Å²) in [5.74, 6) is 0.807. The van der Waals surface area contributed by atoms with E-state index in [4.69, 9.17) is 10.00 Å². The Morgan fingerprint density at radius 2 is 2.00 bits per heavy atom. The second-order valence-corrected chi connectivity index (χ2v) is 5.32. The van der Waals surface area contributed by atoms with Crippen LogP contribution in [-0.2, 0) is 0 Å². The molecule has 96 valence electrons. The quantitative estimate of drug-likeness (QED) is 0.625. The largest absolute Gasteiger partial charge is 0.497 e. The molecule has 0 radical (unpaired) electrons. The summed E-state index contributed by atoms with van der Waals surface area (Å²) in [6.07, 6.45) is 1.94. The number of benzene rings is 1. The van der Waals surface area contributed by atoms with Crippen molar-refractivity contribution in [2.24, 2.45) is 0 Å². The SMILES string of the molecule is COc1ccc(-c2cc(SC)c(C#N)c(Br)n2)cc1. The minimum absolute atomic E-state index is 0.574. The fraction of sp³-hybridized carbons (Fsp3) is 0.143. The van der Waals surface area contributed by atoms with Gasteiger partial charge in [-0.2, -0.15) is 5.26 Å². The van der Waals surface area contributed by atoms with E-state index in [1.165, 1.54) is 11.8 Å². The van der Waals surface area contributed by atoms with Gasteiger partial charge in [-0.25, -0.2) is 4.98 Å². The summed E-state index contributed by atoms with van der Waals surface area (Å²) >= 11 is 4.89. The summed E-state index contributed by atoms with van der Waals surface area (Å²) in [5.41, 5.74) is 2.39. The fourth-order valence-corrected chi connectivity index (χ4v) is 2.86. The molecule has 0 saturated carbocycles. The van der Waals surface area contributed by atoms with E-state index >= 15 is 0 Å². The maximum absolute atomic E-state index is 9.11. The summed E-state index contributed by atoms with van der Waals surface area (Å²) in [5, 5.41) is 9.11. The molecule has 5 heteroatoms. The van der Waals surface area contributed by atoms with E-state index in [1.54, 1.807) is 7.11 Å². The first-order valence-electron chi connectivity index (χ1n) is 5.48. The lowest BCUT2D eigenvalue weighted by Crippen LogP contribution is -1.92. The van der Waals surface area contributed by atoms with E-state index in [0.717, 1.165) is 21.9 Å². The van der Waals surface area contributed by atoms with Crippen molar-refractivity contribution in [1.82, 2.24) is 4.98 Å². The first-order chi connectivity index (χ1) is 9.19. The van der Waals surface area contributed by atoms with Gasteiger partial charge in [-0.15, -0.1) is 11.8 Å². The van der Waals surface area contributed by atoms with Gasteiger partial charge in [0.05, 0.1) is 18.4 Å². The molecule has 0 amide bonds. The first kappa shape index (κ1) is 13.9. The average molecular weight is 335 g/mol. The monoisotopic (exact) mass is 334 g/mol. The van der Waals surface area contributed by atoms with Crippen molar-refractivity contribution in [2.75, 3.05) is 13.4 Å². The third-order valence-electron chi connectivity index (χ3n) is 2.66. The Kier molecular flexibility index (Phi) is 4.46. The van der Waals surface area contributed by atoms with Gasteiger partial charge < -0.3 is 4.74 Å². The van der Waals surface area contributed by atoms with E-state index < -0.39 is 0 Å². The van der Waals surface area contributed by atoms with Crippen LogP contribution in [0.4, 0.5) is 0 Å². The maximum atomic E-state index is 9.11. The van der Waals surface area contributed by atoms with Gasteiger partial charge in [0.2, 0.25) is 0 Å². The van der Waals surface area contributed by atoms with Crippen molar-refractivity contribution >= 4 is 27.7 Å². The Morgan fingerprint density at radius 3 is 2.53 bits per heavy atom. The van der Waals surface area contributed by atoms with Crippen LogP contribution in [0.2, 0.25) is 0 Å². The lowest BCUT2D eigenvalue weighted by Gasteiger charge is -2.08. The molecule has 0 aliphatic carbocycles. The molecule has 0 aliphatic rings. The molecule has 2 rings (SSSR count). The molecule has 0 spiro atoms. The van der Waals surface area contributed by atoms with Gasteiger partial charge in [0.15, 0.2) is 0 Å². The predicted molar refractivity (Wildman–Crippen MR) is 80.4 cm³/mol. The van der Waals surface area contributed by atoms with Gasteiger partial charge in [-0.3, -0.25) is 0 Å². The number of hydrogen-bond donors (Lipinski definition) is 0. The van der Waals surface area contributed by atoms with E-state index in [0.29, 0.717) is 10.2 Å². The van der Waals surface area contributed by atoms with Crippen molar-refractivity contribution in [3.8, 4) is 23.1 Å². The topological polar surface area (TPSA) is 45.9 Å². The normalized spacial score (nSPS) is 10.0. The molecule has 0 atom stereocenters. The van der Waals surface area contributed by atoms with Gasteiger partial charge in [0.1, 0.15) is 16.4 Å². The Bertz CT molecular complexity index is 635. The van der Waals surface area contributed by atoms with Crippen LogP contribution >= 0.6 is 27.7 Å². The van der Waals surface area contributed by atoms with E-state index in [2.05, 4.69) is 27.0 Å². The maximum Gasteiger partial charge on any atom is 0.125 e. The fourth-order valence-electron chi connectivity index (χ4n) is 1.66. The summed E-state index contributed by atoms with van der Waals surface area (Å²) in [4.78, 5) is 5.33. The standard InChI is InChI=1S/C14H11BrN2OS/c1-18-10-5-3-9(4-6-10)12-7-13(19-2)11(8-16)14(15)17-12/h3-7H,1-2H3. The van der Waals surface area contributed by atoms with Crippen molar-refractivity contribution < 1.29 is 4.74 Å². The van der Waals surface area contributed by atoms with Crippen molar-refractivity contribution in [2.45, 2.75) is 4.90 Å². The van der Waals surface area contributed by atoms with Crippen LogP contribution in [0.1, 0.15) is 5.56 Å². The predicted octanol–water partition coefficient (Wildman–Crippen LogP) is 4.11. The van der Waals surface area contributed by atoms with Gasteiger partial charge in [-0.1, -0.05) is 0 Å². The Balaban J connectivity index is 2.50. The lowest BCUT2D eigenvalue weighted by molar-refractivity contribution is 0.415. The molecule has 1 aromatic heterocycles. The minimum Gasteiger partial charge on any atom is -0.497 e. The third kappa shape index (κ3) is 2.91. The number of nitriles is 1. The molecule has 0 aliphatic heterocycles. The molecule has 0 unspecified atom stereocenters. The van der Waals surface area contributed by atoms with Crippen molar-refractivity contribution in [1.29, 1.82) is 5.26 Å². The van der Waals surface area contributed by atoms with Crippen LogP contribution in [0.5, 0.6) is 5.75 Å². The average Bonchev–Trinajstić information content (AvgIpc) is 2.46. The number of nitrogens with zero attached hydrogens (tertiary/aromatic N) is 2. The summed E-state index contributed by atoms with van der Waals surface area (Å²) in [7, 11) is 1.64. The van der Waals surface area contributed by atoms with Gasteiger partial charge >= 0.3 is 0 Å². The van der Waals surface area contributed by atoms with E-state index in [1.807, 2.05) is 36.6 Å². The number of methoxy groups -OCH3 is 1. The second kappa shape index (κ2) is 6.09. The zero-order valence-electron chi connectivity index (χ0n) is 10.5. The number of hydrogen-bond acceptors (Lipinski definition) is 4. The van der Waals surface area contributed by atoms with Crippen LogP contribution in [0.25, 0.3) is 11.3 Å². The van der Waals surface area contributed by atoms with Crippen molar-refractivity contribution in [3.63, 3.8) is 0 Å². The van der Waals surface area contributed by atoms with Gasteiger partial charge in [0.25, 0.3) is 0 Å². The summed E-state index contributed by atoms with van der Waals surface area (Å²) in [6.45, 7) is 0. The zero-order chi connectivity index (χ0) is 13.8. The highest BCUT2D eigenvalue weighted by molar-refractivity contribution is 9.10. The van der Waals surface area contributed by atoms with E-state index in [-0.39, 0.29) is 0 Å². The molecule has 0 bridgehead atoms. The van der Waals surface area contributed by atoms with Crippen molar-refractivity contribution in [3.05, 3.63) is 40.5 Å². The highest BCUT2D eigenvalue weighted by Crippen LogP contribution is 2.31. The summed E-state index contributed by atoms with van der Waals surface area (Å²) in [6, 6.07) is 11.8. The number of thioether (sulfide) groups is 1. The molecular weight excluding hydrogens is 324 g/mol. The molecule has 0 saturated heterocycles. The third-order valence-corrected chi connectivity index (χ3v) is 3.99. The Hall–Kier alpha value is -1.51. The zero-order valence-corrected chi connectivity index (χ0v) is 12.9. The highest BCUT2D eigenvalue weighted by Gasteiger charge is 2.11. The van der Waals surface area contributed by atoms with Gasteiger partial charge in [0, 0.05) is 10.5 Å². The molecule has 19 heavy (non-hydrogen) atoms. The van der Waals surface area contributed by atoms with Gasteiger partial charge in [-0.05, 0) is 52.5 Å². The number of aromatic nitrogens is 1. The minimum atomic E-state index is 0.574. The number of halogens is 1. The Morgan fingerprint density at radius 1 is 1.32 bits per heavy atom. The van der Waals surface area contributed by atoms with Crippen LogP contribution in [0.15, 0.2) is 39.8 Å². The van der Waals surface area contributed by atoms with Crippen LogP contribution in [0.3, 0.4) is 0 Å². The molecule has 2 aromatic rings. The smallest absolute Gasteiger partial charge is 0.125 e. The molecule has 0 N–H and O–H groups in total. The molecule has 1 heterocycles. The summed E-state index contributed by atoms with van der Waals surface area (Å²) < 4.78 is 5.71. The van der Waals surface area contributed by atoms with Crippen LogP contribution in [0, 0.1) is 11.3 Å².